The largest absolute Gasteiger partial charge is 0.489 e. The number of halogens is 2. The Morgan fingerprint density at radius 3 is 2.43 bits per heavy atom. The second-order valence-electron chi connectivity index (χ2n) is 5.22. The minimum absolute atomic E-state index is 0.208. The van der Waals surface area contributed by atoms with Crippen molar-refractivity contribution in [2.24, 2.45) is 0 Å². The van der Waals surface area contributed by atoms with Crippen molar-refractivity contribution in [1.29, 1.82) is 0 Å². The molecule has 1 aromatic heterocycles. The van der Waals surface area contributed by atoms with Crippen LogP contribution in [0.25, 0.3) is 0 Å². The molecule has 0 aliphatic heterocycles. The van der Waals surface area contributed by atoms with E-state index >= 15 is 0 Å². The molecule has 2 nitrogen and oxygen atoms in total. The number of ether oxygens (including phenoxy) is 1. The molecule has 5 heteroatoms. The first-order chi connectivity index (χ1) is 9.94. The van der Waals surface area contributed by atoms with E-state index in [0.29, 0.717) is 12.6 Å². The van der Waals surface area contributed by atoms with Gasteiger partial charge in [0.15, 0.2) is 0 Å². The van der Waals surface area contributed by atoms with Gasteiger partial charge in [-0.05, 0) is 13.0 Å². The summed E-state index contributed by atoms with van der Waals surface area (Å²) in [7, 11) is 0. The van der Waals surface area contributed by atoms with E-state index in [0.717, 1.165) is 23.1 Å². The zero-order valence-electron chi connectivity index (χ0n) is 12.4. The molecule has 0 spiro atoms. The summed E-state index contributed by atoms with van der Waals surface area (Å²) in [6.45, 7) is 7.35. The summed E-state index contributed by atoms with van der Waals surface area (Å²) in [4.78, 5) is 2.39. The lowest BCUT2D eigenvalue weighted by Gasteiger charge is -2.06. The van der Waals surface area contributed by atoms with Crippen LogP contribution >= 0.6 is 11.3 Å². The SMILES string of the molecule is Cc1sc(CNC(C)C)cc1COc1cc(F)cc(F)c1. The fourth-order valence-corrected chi connectivity index (χ4v) is 2.89. The number of benzene rings is 1. The Balaban J connectivity index is 1.99. The maximum atomic E-state index is 13.1. The normalized spacial score (nSPS) is 11.1. The summed E-state index contributed by atoms with van der Waals surface area (Å²) >= 11 is 1.71. The molecular formula is C16H19F2NOS. The summed E-state index contributed by atoms with van der Waals surface area (Å²) < 4.78 is 31.7. The Morgan fingerprint density at radius 2 is 1.81 bits per heavy atom. The van der Waals surface area contributed by atoms with Crippen LogP contribution in [-0.2, 0) is 13.2 Å². The fourth-order valence-electron chi connectivity index (χ4n) is 1.90. The second kappa shape index (κ2) is 7.00. The standard InChI is InChI=1S/C16H19F2NOS/c1-10(2)19-8-16-4-12(11(3)21-16)9-20-15-6-13(17)5-14(18)7-15/h4-7,10,19H,8-9H2,1-3H3. The predicted molar refractivity (Wildman–Crippen MR) is 81.7 cm³/mol. The van der Waals surface area contributed by atoms with Crippen molar-refractivity contribution in [3.8, 4) is 5.75 Å². The molecule has 0 fully saturated rings. The van der Waals surface area contributed by atoms with Crippen molar-refractivity contribution in [2.45, 2.75) is 40.0 Å². The van der Waals surface area contributed by atoms with Gasteiger partial charge in [-0.1, -0.05) is 13.8 Å². The predicted octanol–water partition coefficient (Wildman–Crippen LogP) is 4.41. The maximum Gasteiger partial charge on any atom is 0.129 e. The number of hydrogen-bond acceptors (Lipinski definition) is 3. The van der Waals surface area contributed by atoms with Crippen LogP contribution in [0.1, 0.15) is 29.2 Å². The van der Waals surface area contributed by atoms with Crippen molar-refractivity contribution in [2.75, 3.05) is 0 Å². The van der Waals surface area contributed by atoms with E-state index in [1.807, 2.05) is 6.92 Å². The summed E-state index contributed by atoms with van der Waals surface area (Å²) in [5.74, 6) is -1.05. The van der Waals surface area contributed by atoms with E-state index in [4.69, 9.17) is 4.74 Å². The Hall–Kier alpha value is -1.46. The van der Waals surface area contributed by atoms with E-state index in [1.54, 1.807) is 11.3 Å². The first-order valence-electron chi connectivity index (χ1n) is 6.84. The summed E-state index contributed by atoms with van der Waals surface area (Å²) in [6.07, 6.45) is 0. The molecular weight excluding hydrogens is 292 g/mol. The van der Waals surface area contributed by atoms with Crippen LogP contribution in [0.15, 0.2) is 24.3 Å². The molecule has 21 heavy (non-hydrogen) atoms. The monoisotopic (exact) mass is 311 g/mol. The number of thiophene rings is 1. The van der Waals surface area contributed by atoms with Gasteiger partial charge in [0.2, 0.25) is 0 Å². The zero-order chi connectivity index (χ0) is 15.4. The first kappa shape index (κ1) is 15.9. The summed E-state index contributed by atoms with van der Waals surface area (Å²) in [5.41, 5.74) is 1.05. The molecule has 0 saturated carbocycles. The van der Waals surface area contributed by atoms with Crippen LogP contribution in [0, 0.1) is 18.6 Å². The van der Waals surface area contributed by atoms with E-state index in [-0.39, 0.29) is 5.75 Å². The van der Waals surface area contributed by atoms with Gasteiger partial charge in [0.1, 0.15) is 24.0 Å². The molecule has 1 aromatic carbocycles. The quantitative estimate of drug-likeness (QED) is 0.853. The zero-order valence-corrected chi connectivity index (χ0v) is 13.2. The molecule has 0 bridgehead atoms. The maximum absolute atomic E-state index is 13.1. The highest BCUT2D eigenvalue weighted by atomic mass is 32.1. The van der Waals surface area contributed by atoms with Gasteiger partial charge in [0.25, 0.3) is 0 Å². The summed E-state index contributed by atoms with van der Waals surface area (Å²) in [5, 5.41) is 3.36. The highest BCUT2D eigenvalue weighted by molar-refractivity contribution is 7.12. The molecule has 0 atom stereocenters. The van der Waals surface area contributed by atoms with Gasteiger partial charge in [-0.15, -0.1) is 11.3 Å². The third kappa shape index (κ3) is 4.79. The Kier molecular flexibility index (Phi) is 5.31. The molecule has 0 amide bonds. The minimum atomic E-state index is -0.631. The first-order valence-corrected chi connectivity index (χ1v) is 7.66. The lowest BCUT2D eigenvalue weighted by molar-refractivity contribution is 0.302. The molecule has 2 rings (SSSR count). The topological polar surface area (TPSA) is 21.3 Å². The van der Waals surface area contributed by atoms with Crippen LogP contribution in [0.4, 0.5) is 8.78 Å². The molecule has 0 aliphatic rings. The number of aryl methyl sites for hydroxylation is 1. The van der Waals surface area contributed by atoms with Crippen molar-refractivity contribution in [3.63, 3.8) is 0 Å². The van der Waals surface area contributed by atoms with Crippen molar-refractivity contribution in [3.05, 3.63) is 51.2 Å². The lowest BCUT2D eigenvalue weighted by atomic mass is 10.2. The molecule has 0 radical (unpaired) electrons. The van der Waals surface area contributed by atoms with E-state index in [2.05, 4.69) is 25.2 Å². The number of nitrogens with one attached hydrogen (secondary N) is 1. The van der Waals surface area contributed by atoms with Gasteiger partial charge in [-0.25, -0.2) is 8.78 Å². The van der Waals surface area contributed by atoms with Crippen LogP contribution in [0.3, 0.4) is 0 Å². The molecule has 1 heterocycles. The van der Waals surface area contributed by atoms with Crippen molar-refractivity contribution < 1.29 is 13.5 Å². The highest BCUT2D eigenvalue weighted by Gasteiger charge is 2.08. The van der Waals surface area contributed by atoms with Crippen molar-refractivity contribution in [1.82, 2.24) is 5.32 Å². The Morgan fingerprint density at radius 1 is 1.14 bits per heavy atom. The Labute approximate surface area is 127 Å². The Bertz CT molecular complexity index is 590. The average Bonchev–Trinajstić information content (AvgIpc) is 2.73. The van der Waals surface area contributed by atoms with Gasteiger partial charge in [-0.3, -0.25) is 0 Å². The van der Waals surface area contributed by atoms with E-state index < -0.39 is 11.6 Å². The smallest absolute Gasteiger partial charge is 0.129 e. The minimum Gasteiger partial charge on any atom is -0.489 e. The van der Waals surface area contributed by atoms with Crippen LogP contribution in [0.5, 0.6) is 5.75 Å². The van der Waals surface area contributed by atoms with Gasteiger partial charge in [0.05, 0.1) is 0 Å². The summed E-state index contributed by atoms with van der Waals surface area (Å²) in [6, 6.07) is 5.71. The highest BCUT2D eigenvalue weighted by Crippen LogP contribution is 2.24. The second-order valence-corrected chi connectivity index (χ2v) is 6.56. The van der Waals surface area contributed by atoms with Gasteiger partial charge in [0, 0.05) is 46.1 Å². The fraction of sp³-hybridized carbons (Fsp3) is 0.375. The molecule has 0 saturated heterocycles. The van der Waals surface area contributed by atoms with Gasteiger partial charge in [-0.2, -0.15) is 0 Å². The van der Waals surface area contributed by atoms with Crippen LogP contribution in [0.2, 0.25) is 0 Å². The van der Waals surface area contributed by atoms with Crippen LogP contribution < -0.4 is 10.1 Å². The van der Waals surface area contributed by atoms with Crippen LogP contribution in [-0.4, -0.2) is 6.04 Å². The lowest BCUT2D eigenvalue weighted by Crippen LogP contribution is -2.21. The number of rotatable bonds is 6. The molecule has 2 aromatic rings. The van der Waals surface area contributed by atoms with Gasteiger partial charge < -0.3 is 10.1 Å². The average molecular weight is 311 g/mol. The molecule has 114 valence electrons. The molecule has 0 unspecified atom stereocenters. The van der Waals surface area contributed by atoms with E-state index in [1.165, 1.54) is 17.0 Å². The molecule has 0 aliphatic carbocycles. The van der Waals surface area contributed by atoms with Crippen molar-refractivity contribution >= 4 is 11.3 Å². The third-order valence-corrected chi connectivity index (χ3v) is 4.08. The van der Waals surface area contributed by atoms with E-state index in [9.17, 15) is 8.78 Å². The molecule has 1 N–H and O–H groups in total. The number of hydrogen-bond donors (Lipinski definition) is 1. The van der Waals surface area contributed by atoms with Gasteiger partial charge >= 0.3 is 0 Å². The third-order valence-electron chi connectivity index (χ3n) is 2.99.